The Labute approximate surface area is 170 Å². The summed E-state index contributed by atoms with van der Waals surface area (Å²) in [6.07, 6.45) is 1.77. The summed E-state index contributed by atoms with van der Waals surface area (Å²) in [5.41, 5.74) is 2.91. The molecular formula is C22H26N2O5. The zero-order valence-electron chi connectivity index (χ0n) is 16.8. The molecule has 2 aromatic rings. The average Bonchev–Trinajstić information content (AvgIpc) is 2.77. The summed E-state index contributed by atoms with van der Waals surface area (Å²) >= 11 is 0. The van der Waals surface area contributed by atoms with Crippen molar-refractivity contribution in [3.63, 3.8) is 0 Å². The third kappa shape index (κ3) is 5.96. The molecule has 1 heterocycles. The van der Waals surface area contributed by atoms with Crippen LogP contribution in [-0.2, 0) is 14.3 Å². The highest BCUT2D eigenvalue weighted by Crippen LogP contribution is 2.28. The van der Waals surface area contributed by atoms with Crippen LogP contribution >= 0.6 is 0 Å². The predicted octanol–water partition coefficient (Wildman–Crippen LogP) is 3.22. The topological polar surface area (TPSA) is 69.6 Å². The predicted molar refractivity (Wildman–Crippen MR) is 112 cm³/mol. The number of ether oxygens (including phenoxy) is 4. The number of carbonyl (C=O) groups is 1. The van der Waals surface area contributed by atoms with Gasteiger partial charge >= 0.3 is 5.97 Å². The number of carbonyl (C=O) groups excluding carboxylic acids is 1. The van der Waals surface area contributed by atoms with Crippen LogP contribution in [0.4, 0.5) is 11.4 Å². The van der Waals surface area contributed by atoms with Gasteiger partial charge in [-0.1, -0.05) is 0 Å². The summed E-state index contributed by atoms with van der Waals surface area (Å²) in [6, 6.07) is 13.6. The molecule has 0 unspecified atom stereocenters. The second kappa shape index (κ2) is 10.5. The molecule has 1 aliphatic rings. The lowest BCUT2D eigenvalue weighted by Gasteiger charge is -2.28. The molecule has 0 aliphatic carbocycles. The van der Waals surface area contributed by atoms with Crippen molar-refractivity contribution >= 4 is 23.6 Å². The van der Waals surface area contributed by atoms with Crippen LogP contribution in [0.25, 0.3) is 0 Å². The van der Waals surface area contributed by atoms with Gasteiger partial charge in [-0.25, -0.2) is 4.79 Å². The maximum absolute atomic E-state index is 11.4. The van der Waals surface area contributed by atoms with Crippen LogP contribution < -0.4 is 14.4 Å². The van der Waals surface area contributed by atoms with Gasteiger partial charge in [-0.05, 0) is 55.0 Å². The van der Waals surface area contributed by atoms with E-state index in [1.165, 1.54) is 5.69 Å². The van der Waals surface area contributed by atoms with Gasteiger partial charge in [0.25, 0.3) is 0 Å². The van der Waals surface area contributed by atoms with E-state index in [0.717, 1.165) is 37.6 Å². The molecule has 0 bridgehead atoms. The van der Waals surface area contributed by atoms with Crippen molar-refractivity contribution in [3.05, 3.63) is 48.0 Å². The minimum absolute atomic E-state index is 0.160. The van der Waals surface area contributed by atoms with Crippen LogP contribution in [-0.4, -0.2) is 58.8 Å². The molecule has 0 radical (unpaired) electrons. The number of nitrogens with zero attached hydrogens (tertiary/aromatic N) is 2. The molecule has 29 heavy (non-hydrogen) atoms. The third-order valence-electron chi connectivity index (χ3n) is 4.43. The Morgan fingerprint density at radius 1 is 1.14 bits per heavy atom. The first-order chi connectivity index (χ1) is 14.2. The third-order valence-corrected chi connectivity index (χ3v) is 4.43. The molecule has 2 aromatic carbocycles. The first kappa shape index (κ1) is 20.7. The van der Waals surface area contributed by atoms with Crippen LogP contribution in [0.5, 0.6) is 11.5 Å². The lowest BCUT2D eigenvalue weighted by atomic mass is 10.2. The number of morpholine rings is 1. The van der Waals surface area contributed by atoms with Crippen molar-refractivity contribution in [2.75, 3.05) is 51.5 Å². The number of hydrogen-bond donors (Lipinski definition) is 0. The van der Waals surface area contributed by atoms with Gasteiger partial charge in [0.05, 0.1) is 32.6 Å². The zero-order chi connectivity index (χ0) is 20.5. The number of rotatable bonds is 8. The molecule has 1 aliphatic heterocycles. The minimum Gasteiger partial charge on any atom is -0.493 e. The summed E-state index contributed by atoms with van der Waals surface area (Å²) in [6.45, 7) is 5.26. The fourth-order valence-electron chi connectivity index (χ4n) is 2.94. The number of aliphatic imine (C=N–C) groups is 1. The van der Waals surface area contributed by atoms with E-state index in [1.54, 1.807) is 26.3 Å². The van der Waals surface area contributed by atoms with Gasteiger partial charge in [0, 0.05) is 25.0 Å². The molecule has 0 atom stereocenters. The molecule has 154 valence electrons. The normalized spacial score (nSPS) is 14.1. The molecule has 0 aromatic heterocycles. The standard InChI is InChI=1S/C22H26N2O5/c1-3-28-22(25)16-29-20-9-4-17(14-21(20)26-2)15-23-18-5-7-19(8-6-18)24-10-12-27-13-11-24/h4-9,14-15H,3,10-13,16H2,1-2H3. The maximum atomic E-state index is 11.4. The van der Waals surface area contributed by atoms with Gasteiger partial charge in [-0.3, -0.25) is 4.99 Å². The van der Waals surface area contributed by atoms with Gasteiger partial charge in [-0.2, -0.15) is 0 Å². The van der Waals surface area contributed by atoms with E-state index in [1.807, 2.05) is 24.3 Å². The number of anilines is 1. The molecule has 7 heteroatoms. The maximum Gasteiger partial charge on any atom is 0.344 e. The van der Waals surface area contributed by atoms with Gasteiger partial charge in [0.1, 0.15) is 0 Å². The molecule has 0 amide bonds. The van der Waals surface area contributed by atoms with E-state index >= 15 is 0 Å². The SMILES string of the molecule is CCOC(=O)COc1ccc(C=Nc2ccc(N3CCOCC3)cc2)cc1OC. The lowest BCUT2D eigenvalue weighted by molar-refractivity contribution is -0.145. The van der Waals surface area contributed by atoms with Gasteiger partial charge < -0.3 is 23.8 Å². The number of hydrogen-bond acceptors (Lipinski definition) is 7. The Hall–Kier alpha value is -3.06. The van der Waals surface area contributed by atoms with Crippen molar-refractivity contribution in [1.29, 1.82) is 0 Å². The number of esters is 1. The molecule has 0 saturated carbocycles. The van der Waals surface area contributed by atoms with Gasteiger partial charge in [-0.15, -0.1) is 0 Å². The summed E-state index contributed by atoms with van der Waals surface area (Å²) in [5.74, 6) is 0.592. The fourth-order valence-corrected chi connectivity index (χ4v) is 2.94. The highest BCUT2D eigenvalue weighted by molar-refractivity contribution is 5.83. The van der Waals surface area contributed by atoms with Gasteiger partial charge in [0.2, 0.25) is 0 Å². The molecule has 0 spiro atoms. The Morgan fingerprint density at radius 3 is 2.59 bits per heavy atom. The van der Waals surface area contributed by atoms with Crippen molar-refractivity contribution in [2.24, 2.45) is 4.99 Å². The second-order valence-corrected chi connectivity index (χ2v) is 6.38. The van der Waals surface area contributed by atoms with E-state index in [2.05, 4.69) is 22.0 Å². The van der Waals surface area contributed by atoms with Crippen LogP contribution in [0, 0.1) is 0 Å². The lowest BCUT2D eigenvalue weighted by Crippen LogP contribution is -2.36. The molecule has 1 fully saturated rings. The van der Waals surface area contributed by atoms with E-state index < -0.39 is 5.97 Å². The van der Waals surface area contributed by atoms with Gasteiger partial charge in [0.15, 0.2) is 18.1 Å². The smallest absolute Gasteiger partial charge is 0.344 e. The van der Waals surface area contributed by atoms with Crippen molar-refractivity contribution in [1.82, 2.24) is 0 Å². The molecule has 3 rings (SSSR count). The van der Waals surface area contributed by atoms with Crippen molar-refractivity contribution in [3.8, 4) is 11.5 Å². The molecule has 7 nitrogen and oxygen atoms in total. The summed E-state index contributed by atoms with van der Waals surface area (Å²) in [7, 11) is 1.55. The fraction of sp³-hybridized carbons (Fsp3) is 0.364. The number of methoxy groups -OCH3 is 1. The van der Waals surface area contributed by atoms with E-state index in [4.69, 9.17) is 18.9 Å². The van der Waals surface area contributed by atoms with Crippen LogP contribution in [0.2, 0.25) is 0 Å². The Morgan fingerprint density at radius 2 is 1.90 bits per heavy atom. The first-order valence-electron chi connectivity index (χ1n) is 9.63. The number of benzene rings is 2. The summed E-state index contributed by atoms with van der Waals surface area (Å²) < 4.78 is 21.1. The second-order valence-electron chi connectivity index (χ2n) is 6.38. The highest BCUT2D eigenvalue weighted by atomic mass is 16.6. The molecule has 0 N–H and O–H groups in total. The Kier molecular flexibility index (Phi) is 7.47. The minimum atomic E-state index is -0.416. The van der Waals surface area contributed by atoms with E-state index in [9.17, 15) is 4.79 Å². The zero-order valence-corrected chi connectivity index (χ0v) is 16.8. The van der Waals surface area contributed by atoms with E-state index in [-0.39, 0.29) is 6.61 Å². The van der Waals surface area contributed by atoms with E-state index in [0.29, 0.717) is 18.1 Å². The monoisotopic (exact) mass is 398 g/mol. The Bertz CT molecular complexity index is 830. The first-order valence-corrected chi connectivity index (χ1v) is 9.63. The molecular weight excluding hydrogens is 372 g/mol. The summed E-state index contributed by atoms with van der Waals surface area (Å²) in [5, 5.41) is 0. The van der Waals surface area contributed by atoms with Crippen LogP contribution in [0.1, 0.15) is 12.5 Å². The molecule has 1 saturated heterocycles. The summed E-state index contributed by atoms with van der Waals surface area (Å²) in [4.78, 5) is 18.3. The van der Waals surface area contributed by atoms with Crippen LogP contribution in [0.15, 0.2) is 47.5 Å². The Balaban J connectivity index is 1.63. The average molecular weight is 398 g/mol. The highest BCUT2D eigenvalue weighted by Gasteiger charge is 2.11. The quantitative estimate of drug-likeness (QED) is 0.502. The van der Waals surface area contributed by atoms with Crippen molar-refractivity contribution in [2.45, 2.75) is 6.92 Å². The largest absolute Gasteiger partial charge is 0.493 e. The van der Waals surface area contributed by atoms with Crippen molar-refractivity contribution < 1.29 is 23.7 Å². The van der Waals surface area contributed by atoms with Crippen LogP contribution in [0.3, 0.4) is 0 Å².